The molecular formula is C18H28N2. The van der Waals surface area contributed by atoms with Crippen LogP contribution in [0.15, 0.2) is 24.3 Å². The van der Waals surface area contributed by atoms with Gasteiger partial charge in [0.1, 0.15) is 0 Å². The van der Waals surface area contributed by atoms with Crippen LogP contribution in [0.5, 0.6) is 0 Å². The minimum atomic E-state index is 0.747. The summed E-state index contributed by atoms with van der Waals surface area (Å²) >= 11 is 0. The molecule has 2 aliphatic rings. The zero-order chi connectivity index (χ0) is 13.8. The fraction of sp³-hybridized carbons (Fsp3) is 0.667. The van der Waals surface area contributed by atoms with Crippen LogP contribution >= 0.6 is 0 Å². The standard InChI is InChI=1S/C18H28N2/c1-15-6-2-5-9-17(15)18(16-7-3-4-8-16)14-20-12-10-19-11-13-20/h2,5-6,9,16,18-19H,3-4,7-8,10-14H2,1H3. The monoisotopic (exact) mass is 272 g/mol. The zero-order valence-corrected chi connectivity index (χ0v) is 12.8. The number of piperazine rings is 1. The maximum absolute atomic E-state index is 3.47. The molecule has 1 aliphatic carbocycles. The molecule has 1 N–H and O–H groups in total. The van der Waals surface area contributed by atoms with Crippen molar-refractivity contribution in [3.05, 3.63) is 35.4 Å². The third-order valence-corrected chi connectivity index (χ3v) is 5.22. The molecule has 1 atom stereocenters. The molecule has 1 heterocycles. The summed E-state index contributed by atoms with van der Waals surface area (Å²) in [4.78, 5) is 2.67. The van der Waals surface area contributed by atoms with Gasteiger partial charge in [0.2, 0.25) is 0 Å². The van der Waals surface area contributed by atoms with Crippen molar-refractivity contribution < 1.29 is 0 Å². The smallest absolute Gasteiger partial charge is 0.0108 e. The summed E-state index contributed by atoms with van der Waals surface area (Å²) in [5.74, 6) is 1.66. The summed E-state index contributed by atoms with van der Waals surface area (Å²) in [5.41, 5.74) is 3.09. The molecule has 0 spiro atoms. The van der Waals surface area contributed by atoms with Gasteiger partial charge < -0.3 is 10.2 Å². The van der Waals surface area contributed by atoms with Crippen molar-refractivity contribution in [1.82, 2.24) is 10.2 Å². The highest BCUT2D eigenvalue weighted by Crippen LogP contribution is 2.38. The van der Waals surface area contributed by atoms with E-state index in [4.69, 9.17) is 0 Å². The van der Waals surface area contributed by atoms with Crippen LogP contribution in [0, 0.1) is 12.8 Å². The predicted octanol–water partition coefficient (Wildman–Crippen LogP) is 3.17. The average Bonchev–Trinajstić information content (AvgIpc) is 3.01. The van der Waals surface area contributed by atoms with E-state index in [2.05, 4.69) is 41.4 Å². The minimum absolute atomic E-state index is 0.747. The number of aryl methyl sites for hydroxylation is 1. The first-order valence-corrected chi connectivity index (χ1v) is 8.33. The van der Waals surface area contributed by atoms with Gasteiger partial charge in [-0.1, -0.05) is 37.1 Å². The van der Waals surface area contributed by atoms with Crippen molar-refractivity contribution in [2.75, 3.05) is 32.7 Å². The maximum atomic E-state index is 3.47. The number of nitrogens with zero attached hydrogens (tertiary/aromatic N) is 1. The van der Waals surface area contributed by atoms with E-state index < -0.39 is 0 Å². The summed E-state index contributed by atoms with van der Waals surface area (Å²) in [6, 6.07) is 9.06. The first-order chi connectivity index (χ1) is 9.84. The van der Waals surface area contributed by atoms with Crippen LogP contribution in [0.3, 0.4) is 0 Å². The molecule has 0 bridgehead atoms. The number of hydrogen-bond donors (Lipinski definition) is 1. The first kappa shape index (κ1) is 14.1. The molecule has 0 radical (unpaired) electrons. The fourth-order valence-electron chi connectivity index (χ4n) is 4.04. The molecular weight excluding hydrogens is 244 g/mol. The zero-order valence-electron chi connectivity index (χ0n) is 12.8. The van der Waals surface area contributed by atoms with E-state index in [-0.39, 0.29) is 0 Å². The molecule has 2 heteroatoms. The molecule has 1 unspecified atom stereocenters. The molecule has 2 nitrogen and oxygen atoms in total. The van der Waals surface area contributed by atoms with Gasteiger partial charge in [-0.15, -0.1) is 0 Å². The Hall–Kier alpha value is -0.860. The Morgan fingerprint density at radius 3 is 2.55 bits per heavy atom. The molecule has 20 heavy (non-hydrogen) atoms. The topological polar surface area (TPSA) is 15.3 Å². The van der Waals surface area contributed by atoms with Crippen LogP contribution < -0.4 is 5.32 Å². The fourth-order valence-corrected chi connectivity index (χ4v) is 4.04. The van der Waals surface area contributed by atoms with Gasteiger partial charge in [0.25, 0.3) is 0 Å². The Bertz CT molecular complexity index is 417. The van der Waals surface area contributed by atoms with E-state index in [0.29, 0.717) is 0 Å². The van der Waals surface area contributed by atoms with Crippen molar-refractivity contribution in [3.8, 4) is 0 Å². The van der Waals surface area contributed by atoms with Crippen LogP contribution in [0.1, 0.15) is 42.7 Å². The third kappa shape index (κ3) is 3.24. The van der Waals surface area contributed by atoms with Crippen LogP contribution in [0.2, 0.25) is 0 Å². The molecule has 1 saturated carbocycles. The van der Waals surface area contributed by atoms with Gasteiger partial charge in [-0.25, -0.2) is 0 Å². The summed E-state index contributed by atoms with van der Waals surface area (Å²) in [6.45, 7) is 8.30. The van der Waals surface area contributed by atoms with Gasteiger partial charge in [-0.3, -0.25) is 0 Å². The van der Waals surface area contributed by atoms with Gasteiger partial charge in [0, 0.05) is 32.7 Å². The molecule has 1 aromatic rings. The van der Waals surface area contributed by atoms with E-state index >= 15 is 0 Å². The van der Waals surface area contributed by atoms with Crippen LogP contribution in [-0.2, 0) is 0 Å². The van der Waals surface area contributed by atoms with Gasteiger partial charge >= 0.3 is 0 Å². The van der Waals surface area contributed by atoms with Crippen LogP contribution in [0.4, 0.5) is 0 Å². The predicted molar refractivity (Wildman–Crippen MR) is 85.2 cm³/mol. The molecule has 1 aromatic carbocycles. The molecule has 1 aliphatic heterocycles. The summed E-state index contributed by atoms with van der Waals surface area (Å²) in [5, 5.41) is 3.47. The van der Waals surface area contributed by atoms with Crippen molar-refractivity contribution >= 4 is 0 Å². The second-order valence-electron chi connectivity index (χ2n) is 6.56. The highest BCUT2D eigenvalue weighted by Gasteiger charge is 2.29. The molecule has 0 amide bonds. The third-order valence-electron chi connectivity index (χ3n) is 5.22. The lowest BCUT2D eigenvalue weighted by atomic mass is 9.82. The molecule has 110 valence electrons. The summed E-state index contributed by atoms with van der Waals surface area (Å²) in [6.07, 6.45) is 5.75. The Morgan fingerprint density at radius 1 is 1.15 bits per heavy atom. The lowest BCUT2D eigenvalue weighted by Gasteiger charge is -2.34. The number of benzene rings is 1. The van der Waals surface area contributed by atoms with E-state index in [1.54, 1.807) is 5.56 Å². The normalized spacial score (nSPS) is 23.1. The lowest BCUT2D eigenvalue weighted by molar-refractivity contribution is 0.205. The Morgan fingerprint density at radius 2 is 1.85 bits per heavy atom. The number of rotatable bonds is 4. The number of hydrogen-bond acceptors (Lipinski definition) is 2. The quantitative estimate of drug-likeness (QED) is 0.905. The minimum Gasteiger partial charge on any atom is -0.314 e. The van der Waals surface area contributed by atoms with Crippen molar-refractivity contribution in [2.24, 2.45) is 5.92 Å². The summed E-state index contributed by atoms with van der Waals surface area (Å²) in [7, 11) is 0. The second kappa shape index (κ2) is 6.73. The van der Waals surface area contributed by atoms with Gasteiger partial charge in [-0.2, -0.15) is 0 Å². The molecule has 2 fully saturated rings. The van der Waals surface area contributed by atoms with Crippen molar-refractivity contribution in [1.29, 1.82) is 0 Å². The van der Waals surface area contributed by atoms with Gasteiger partial charge in [0.05, 0.1) is 0 Å². The van der Waals surface area contributed by atoms with E-state index in [0.717, 1.165) is 24.9 Å². The van der Waals surface area contributed by atoms with E-state index in [1.807, 2.05) is 0 Å². The van der Waals surface area contributed by atoms with Crippen molar-refractivity contribution in [3.63, 3.8) is 0 Å². The highest BCUT2D eigenvalue weighted by molar-refractivity contribution is 5.30. The number of nitrogens with one attached hydrogen (secondary N) is 1. The molecule has 3 rings (SSSR count). The summed E-state index contributed by atoms with van der Waals surface area (Å²) < 4.78 is 0. The highest BCUT2D eigenvalue weighted by atomic mass is 15.2. The SMILES string of the molecule is Cc1ccccc1C(CN1CCNCC1)C1CCCC1. The van der Waals surface area contributed by atoms with Crippen LogP contribution in [0.25, 0.3) is 0 Å². The van der Waals surface area contributed by atoms with Crippen molar-refractivity contribution in [2.45, 2.75) is 38.5 Å². The maximum Gasteiger partial charge on any atom is 0.0108 e. The Labute approximate surface area is 123 Å². The lowest BCUT2D eigenvalue weighted by Crippen LogP contribution is -2.45. The van der Waals surface area contributed by atoms with Crippen LogP contribution in [-0.4, -0.2) is 37.6 Å². The van der Waals surface area contributed by atoms with Gasteiger partial charge in [-0.05, 0) is 42.7 Å². The molecule has 1 saturated heterocycles. The van der Waals surface area contributed by atoms with Gasteiger partial charge in [0.15, 0.2) is 0 Å². The Kier molecular flexibility index (Phi) is 4.74. The van der Waals surface area contributed by atoms with E-state index in [1.165, 1.54) is 50.9 Å². The Balaban J connectivity index is 1.78. The largest absolute Gasteiger partial charge is 0.314 e. The second-order valence-corrected chi connectivity index (χ2v) is 6.56. The van der Waals surface area contributed by atoms with E-state index in [9.17, 15) is 0 Å². The average molecular weight is 272 g/mol. The first-order valence-electron chi connectivity index (χ1n) is 8.33. The molecule has 0 aromatic heterocycles.